The highest BCUT2D eigenvalue weighted by Gasteiger charge is 2.33. The second kappa shape index (κ2) is 8.69. The number of carboxylic acid groups (broad SMARTS) is 1. The van der Waals surface area contributed by atoms with Crippen molar-refractivity contribution < 1.29 is 29.0 Å². The molecule has 0 aliphatic carbocycles. The van der Waals surface area contributed by atoms with E-state index in [9.17, 15) is 14.4 Å². The maximum absolute atomic E-state index is 12.7. The third-order valence-electron chi connectivity index (χ3n) is 4.57. The third kappa shape index (κ3) is 4.60. The van der Waals surface area contributed by atoms with E-state index in [4.69, 9.17) is 14.6 Å². The van der Waals surface area contributed by atoms with Crippen molar-refractivity contribution in [3.05, 3.63) is 64.9 Å². The van der Waals surface area contributed by atoms with Crippen LogP contribution >= 0.6 is 0 Å². The van der Waals surface area contributed by atoms with Crippen LogP contribution in [0.3, 0.4) is 0 Å². The van der Waals surface area contributed by atoms with Gasteiger partial charge in [0.25, 0.3) is 5.91 Å². The lowest BCUT2D eigenvalue weighted by atomic mass is 10.1. The predicted octanol–water partition coefficient (Wildman–Crippen LogP) is 2.95. The van der Waals surface area contributed by atoms with Crippen LogP contribution in [0, 0.1) is 6.92 Å². The number of nitrogens with zero attached hydrogens (tertiary/aromatic N) is 1. The number of ether oxygens (including phenoxy) is 2. The molecule has 1 aliphatic heterocycles. The Balaban J connectivity index is 1.79. The first-order valence-electron chi connectivity index (χ1n) is 9.26. The molecule has 3 rings (SSSR count). The van der Waals surface area contributed by atoms with E-state index in [2.05, 4.69) is 5.32 Å². The number of hydrogen-bond acceptors (Lipinski definition) is 5. The van der Waals surface area contributed by atoms with Crippen molar-refractivity contribution in [2.45, 2.75) is 26.5 Å². The van der Waals surface area contributed by atoms with Gasteiger partial charge in [0.05, 0.1) is 13.7 Å². The van der Waals surface area contributed by atoms with Crippen molar-refractivity contribution >= 4 is 24.0 Å². The molecule has 1 aliphatic rings. The summed E-state index contributed by atoms with van der Waals surface area (Å²) in [5, 5.41) is 11.6. The van der Waals surface area contributed by atoms with E-state index in [0.29, 0.717) is 11.3 Å². The lowest BCUT2D eigenvalue weighted by Crippen LogP contribution is -2.30. The molecule has 3 amide bonds. The van der Waals surface area contributed by atoms with Crippen LogP contribution < -0.4 is 14.8 Å². The highest BCUT2D eigenvalue weighted by atomic mass is 16.5. The maximum atomic E-state index is 12.7. The second-order valence-electron chi connectivity index (χ2n) is 6.87. The number of carbonyl (C=O) groups is 3. The summed E-state index contributed by atoms with van der Waals surface area (Å²) in [6.45, 7) is 3.55. The fourth-order valence-corrected chi connectivity index (χ4v) is 2.87. The summed E-state index contributed by atoms with van der Waals surface area (Å²) in [5.41, 5.74) is 2.67. The number of amides is 3. The molecule has 2 aromatic carbocycles. The van der Waals surface area contributed by atoms with E-state index in [1.165, 1.54) is 20.1 Å². The molecule has 0 saturated carbocycles. The van der Waals surface area contributed by atoms with Crippen molar-refractivity contribution in [3.63, 3.8) is 0 Å². The smallest absolute Gasteiger partial charge is 0.344 e. The van der Waals surface area contributed by atoms with Crippen molar-refractivity contribution in [2.24, 2.45) is 0 Å². The Morgan fingerprint density at radius 1 is 1.17 bits per heavy atom. The number of urea groups is 1. The van der Waals surface area contributed by atoms with E-state index in [0.717, 1.165) is 16.0 Å². The zero-order chi connectivity index (χ0) is 21.8. The first kappa shape index (κ1) is 20.9. The van der Waals surface area contributed by atoms with Crippen LogP contribution in [0.15, 0.2) is 48.2 Å². The normalized spacial score (nSPS) is 15.8. The summed E-state index contributed by atoms with van der Waals surface area (Å²) in [5.74, 6) is -0.960. The van der Waals surface area contributed by atoms with Gasteiger partial charge in [0.1, 0.15) is 5.70 Å². The Kier molecular flexibility index (Phi) is 6.06. The highest BCUT2D eigenvalue weighted by molar-refractivity contribution is 6.13. The molecule has 1 atom stereocenters. The Morgan fingerprint density at radius 3 is 2.50 bits per heavy atom. The van der Waals surface area contributed by atoms with E-state index < -0.39 is 24.0 Å². The molecule has 0 radical (unpaired) electrons. The molecule has 8 nitrogen and oxygen atoms in total. The fraction of sp³-hybridized carbons (Fsp3) is 0.227. The molecule has 1 saturated heterocycles. The summed E-state index contributed by atoms with van der Waals surface area (Å²) < 4.78 is 10.6. The van der Waals surface area contributed by atoms with Crippen LogP contribution in [0.1, 0.15) is 23.6 Å². The minimum absolute atomic E-state index is 0.140. The number of hydrogen-bond donors (Lipinski definition) is 2. The van der Waals surface area contributed by atoms with Crippen molar-refractivity contribution in [1.29, 1.82) is 0 Å². The van der Waals surface area contributed by atoms with Gasteiger partial charge in [0.15, 0.2) is 17.6 Å². The fourth-order valence-electron chi connectivity index (χ4n) is 2.87. The molecular weight excluding hydrogens is 388 g/mol. The van der Waals surface area contributed by atoms with Crippen LogP contribution in [-0.2, 0) is 16.1 Å². The Morgan fingerprint density at radius 2 is 1.87 bits per heavy atom. The molecule has 0 unspecified atom stereocenters. The summed E-state index contributed by atoms with van der Waals surface area (Å²) in [7, 11) is 1.43. The topological polar surface area (TPSA) is 105 Å². The van der Waals surface area contributed by atoms with Gasteiger partial charge in [-0.3, -0.25) is 9.69 Å². The number of benzene rings is 2. The number of carboxylic acids is 1. The predicted molar refractivity (Wildman–Crippen MR) is 109 cm³/mol. The molecule has 30 heavy (non-hydrogen) atoms. The molecule has 0 bridgehead atoms. The lowest BCUT2D eigenvalue weighted by Gasteiger charge is -2.14. The molecule has 2 N–H and O–H groups in total. The maximum Gasteiger partial charge on any atom is 0.344 e. The molecule has 0 spiro atoms. The number of aryl methyl sites for hydroxylation is 1. The number of nitrogens with one attached hydrogen (secondary N) is 1. The monoisotopic (exact) mass is 410 g/mol. The molecule has 0 aromatic heterocycles. The highest BCUT2D eigenvalue weighted by Crippen LogP contribution is 2.30. The van der Waals surface area contributed by atoms with Crippen LogP contribution in [-0.4, -0.2) is 41.1 Å². The quantitative estimate of drug-likeness (QED) is 0.537. The Labute approximate surface area is 173 Å². The largest absolute Gasteiger partial charge is 0.493 e. The van der Waals surface area contributed by atoms with Crippen LogP contribution in [0.5, 0.6) is 11.5 Å². The van der Waals surface area contributed by atoms with Crippen molar-refractivity contribution in [1.82, 2.24) is 10.2 Å². The van der Waals surface area contributed by atoms with Gasteiger partial charge in [-0.25, -0.2) is 9.59 Å². The summed E-state index contributed by atoms with van der Waals surface area (Å²) in [6, 6.07) is 11.9. The van der Waals surface area contributed by atoms with Gasteiger partial charge >= 0.3 is 12.0 Å². The number of imide groups is 1. The summed E-state index contributed by atoms with van der Waals surface area (Å²) in [4.78, 5) is 37.1. The average Bonchev–Trinajstić information content (AvgIpc) is 2.97. The Hall–Kier alpha value is -3.81. The minimum Gasteiger partial charge on any atom is -0.493 e. The van der Waals surface area contributed by atoms with Gasteiger partial charge in [0, 0.05) is 0 Å². The van der Waals surface area contributed by atoms with E-state index in [1.54, 1.807) is 18.2 Å². The van der Waals surface area contributed by atoms with Crippen molar-refractivity contribution in [2.75, 3.05) is 7.11 Å². The molecule has 156 valence electrons. The molecule has 2 aromatic rings. The molecule has 1 heterocycles. The lowest BCUT2D eigenvalue weighted by molar-refractivity contribution is -0.144. The second-order valence-corrected chi connectivity index (χ2v) is 6.87. The van der Waals surface area contributed by atoms with Crippen LogP contribution in [0.25, 0.3) is 6.08 Å². The summed E-state index contributed by atoms with van der Waals surface area (Å²) in [6.07, 6.45) is 0.483. The standard InChI is InChI=1S/C22H22N2O6/c1-13-4-6-15(7-5-13)12-24-20(25)17(23-22(24)28)10-16-8-9-18(19(11-16)29-3)30-14(2)21(26)27/h4-11,14H,12H2,1-3H3,(H,23,28)(H,26,27)/b17-10-/t14-/m0/s1. The number of rotatable bonds is 7. The number of aliphatic carboxylic acids is 1. The molecule has 8 heteroatoms. The SMILES string of the molecule is COc1cc(/C=C2\NC(=O)N(Cc3ccc(C)cc3)C2=O)ccc1O[C@@H](C)C(=O)O. The number of carbonyl (C=O) groups excluding carboxylic acids is 2. The van der Waals surface area contributed by atoms with Gasteiger partial charge in [-0.05, 0) is 43.2 Å². The first-order chi connectivity index (χ1) is 14.3. The number of methoxy groups -OCH3 is 1. The van der Waals surface area contributed by atoms with Crippen molar-refractivity contribution in [3.8, 4) is 11.5 Å². The summed E-state index contributed by atoms with van der Waals surface area (Å²) >= 11 is 0. The zero-order valence-electron chi connectivity index (χ0n) is 16.8. The zero-order valence-corrected chi connectivity index (χ0v) is 16.8. The van der Waals surface area contributed by atoms with Gasteiger partial charge in [-0.15, -0.1) is 0 Å². The van der Waals surface area contributed by atoms with Gasteiger partial charge in [-0.2, -0.15) is 0 Å². The van der Waals surface area contributed by atoms with E-state index in [1.807, 2.05) is 31.2 Å². The van der Waals surface area contributed by atoms with Crippen LogP contribution in [0.4, 0.5) is 4.79 Å². The van der Waals surface area contributed by atoms with Gasteiger partial charge in [0.2, 0.25) is 0 Å². The minimum atomic E-state index is -1.10. The third-order valence-corrected chi connectivity index (χ3v) is 4.57. The molecule has 1 fully saturated rings. The Bertz CT molecular complexity index is 1010. The molecular formula is C22H22N2O6. The van der Waals surface area contributed by atoms with E-state index in [-0.39, 0.29) is 18.0 Å². The van der Waals surface area contributed by atoms with Crippen LogP contribution in [0.2, 0.25) is 0 Å². The first-order valence-corrected chi connectivity index (χ1v) is 9.26. The van der Waals surface area contributed by atoms with E-state index >= 15 is 0 Å². The van der Waals surface area contributed by atoms with Gasteiger partial charge < -0.3 is 19.9 Å². The van der Waals surface area contributed by atoms with Gasteiger partial charge in [-0.1, -0.05) is 35.9 Å². The average molecular weight is 410 g/mol.